The zero-order valence-electron chi connectivity index (χ0n) is 5.95. The number of H-pyrrole nitrogens is 1. The lowest BCUT2D eigenvalue weighted by atomic mass is 10.4. The molecule has 0 aromatic carbocycles. The number of aromatic amines is 1. The Balaban J connectivity index is 2.59. The van der Waals surface area contributed by atoms with E-state index < -0.39 is 0 Å². The number of hydrogen-bond donors (Lipinski definition) is 2. The Morgan fingerprint density at radius 1 is 1.38 bits per heavy atom. The van der Waals surface area contributed by atoms with Gasteiger partial charge in [-0.1, -0.05) is 0 Å². The van der Waals surface area contributed by atoms with E-state index >= 15 is 0 Å². The van der Waals surface area contributed by atoms with Crippen LogP contribution in [0.1, 0.15) is 0 Å². The molecule has 2 N–H and O–H groups in total. The molecular weight excluding hydrogens is 324 g/mol. The van der Waals surface area contributed by atoms with E-state index in [0.29, 0.717) is 15.2 Å². The van der Waals surface area contributed by atoms with E-state index in [-0.39, 0.29) is 5.75 Å². The molecule has 2 heterocycles. The highest BCUT2D eigenvalue weighted by Gasteiger charge is 2.17. The molecule has 8 heteroatoms. The van der Waals surface area contributed by atoms with Gasteiger partial charge in [-0.3, -0.25) is 0 Å². The average molecular weight is 326 g/mol. The summed E-state index contributed by atoms with van der Waals surface area (Å²) in [6, 6.07) is 0. The summed E-state index contributed by atoms with van der Waals surface area (Å²) in [5.74, 6) is 0.587. The molecule has 5 nitrogen and oxygen atoms in total. The van der Waals surface area contributed by atoms with Crippen LogP contribution in [-0.2, 0) is 0 Å². The van der Waals surface area contributed by atoms with Crippen molar-refractivity contribution in [2.45, 2.75) is 0 Å². The zero-order valence-corrected chi connectivity index (χ0v) is 9.94. The second kappa shape index (κ2) is 3.35. The molecule has 0 aliphatic carbocycles. The summed E-state index contributed by atoms with van der Waals surface area (Å²) in [7, 11) is 0. The number of tetrazole rings is 1. The Hall–Kier alpha value is -0.470. The van der Waals surface area contributed by atoms with Crippen LogP contribution in [0.25, 0.3) is 10.7 Å². The van der Waals surface area contributed by atoms with E-state index in [1.807, 2.05) is 0 Å². The molecule has 0 bridgehead atoms. The van der Waals surface area contributed by atoms with Crippen molar-refractivity contribution in [1.82, 2.24) is 20.6 Å². The fraction of sp³-hybridized carbons (Fsp3) is 0. The van der Waals surface area contributed by atoms with Crippen LogP contribution in [0.3, 0.4) is 0 Å². The van der Waals surface area contributed by atoms with Crippen molar-refractivity contribution >= 4 is 43.2 Å². The second-order valence-electron chi connectivity index (χ2n) is 2.12. The minimum atomic E-state index is 0.135. The lowest BCUT2D eigenvalue weighted by Gasteiger charge is -1.89. The molecular formula is C5H2Br2N4OS. The zero-order chi connectivity index (χ0) is 9.42. The van der Waals surface area contributed by atoms with Crippen molar-refractivity contribution in [3.63, 3.8) is 0 Å². The highest BCUT2D eigenvalue weighted by molar-refractivity contribution is 9.13. The fourth-order valence-corrected chi connectivity index (χ4v) is 2.78. The number of halogens is 2. The Bertz CT molecular complexity index is 426. The molecule has 2 rings (SSSR count). The Labute approximate surface area is 93.4 Å². The molecule has 68 valence electrons. The highest BCUT2D eigenvalue weighted by Crippen LogP contribution is 2.46. The van der Waals surface area contributed by atoms with Gasteiger partial charge in [0.05, 0.1) is 8.26 Å². The van der Waals surface area contributed by atoms with E-state index in [0.717, 1.165) is 3.79 Å². The van der Waals surface area contributed by atoms with Crippen LogP contribution in [0.2, 0.25) is 0 Å². The molecule has 0 aliphatic rings. The molecule has 0 unspecified atom stereocenters. The summed E-state index contributed by atoms with van der Waals surface area (Å²) >= 11 is 7.84. The smallest absolute Gasteiger partial charge is 0.193 e. The third-order valence-electron chi connectivity index (χ3n) is 1.35. The van der Waals surface area contributed by atoms with Crippen LogP contribution in [0.4, 0.5) is 0 Å². The SMILES string of the molecule is Oc1c(-c2nnn[nH]2)sc(Br)c1Br. The van der Waals surface area contributed by atoms with Gasteiger partial charge in [-0.25, -0.2) is 5.10 Å². The third-order valence-corrected chi connectivity index (χ3v) is 4.77. The molecule has 0 spiro atoms. The van der Waals surface area contributed by atoms with Crippen LogP contribution in [0, 0.1) is 0 Å². The number of rotatable bonds is 1. The first kappa shape index (κ1) is 9.10. The number of thiophene rings is 1. The van der Waals surface area contributed by atoms with Crippen molar-refractivity contribution in [2.24, 2.45) is 0 Å². The highest BCUT2D eigenvalue weighted by atomic mass is 79.9. The molecule has 2 aromatic heterocycles. The lowest BCUT2D eigenvalue weighted by molar-refractivity contribution is 0.476. The monoisotopic (exact) mass is 324 g/mol. The fourth-order valence-electron chi connectivity index (χ4n) is 0.791. The van der Waals surface area contributed by atoms with Crippen LogP contribution >= 0.6 is 43.2 Å². The summed E-state index contributed by atoms with van der Waals surface area (Å²) in [4.78, 5) is 0.601. The lowest BCUT2D eigenvalue weighted by Crippen LogP contribution is -1.75. The quantitative estimate of drug-likeness (QED) is 0.842. The molecule has 0 saturated carbocycles. The molecule has 0 atom stereocenters. The van der Waals surface area contributed by atoms with Crippen molar-refractivity contribution in [3.8, 4) is 16.5 Å². The van der Waals surface area contributed by atoms with Gasteiger partial charge < -0.3 is 5.11 Å². The van der Waals surface area contributed by atoms with Crippen LogP contribution in [-0.4, -0.2) is 25.7 Å². The van der Waals surface area contributed by atoms with E-state index in [1.54, 1.807) is 0 Å². The largest absolute Gasteiger partial charge is 0.505 e. The minimum Gasteiger partial charge on any atom is -0.505 e. The summed E-state index contributed by atoms with van der Waals surface area (Å²) in [5.41, 5.74) is 0. The first-order chi connectivity index (χ1) is 6.20. The van der Waals surface area contributed by atoms with E-state index in [1.165, 1.54) is 11.3 Å². The topological polar surface area (TPSA) is 74.7 Å². The van der Waals surface area contributed by atoms with Gasteiger partial charge in [0, 0.05) is 0 Å². The maximum Gasteiger partial charge on any atom is 0.193 e. The molecule has 13 heavy (non-hydrogen) atoms. The number of nitrogens with zero attached hydrogens (tertiary/aromatic N) is 3. The molecule has 0 fully saturated rings. The van der Waals surface area contributed by atoms with Gasteiger partial charge in [-0.05, 0) is 42.3 Å². The number of aromatic hydroxyl groups is 1. The van der Waals surface area contributed by atoms with Crippen LogP contribution in [0.15, 0.2) is 8.26 Å². The minimum absolute atomic E-state index is 0.135. The third kappa shape index (κ3) is 1.49. The van der Waals surface area contributed by atoms with Crippen LogP contribution in [0.5, 0.6) is 5.75 Å². The Morgan fingerprint density at radius 3 is 2.62 bits per heavy atom. The molecule has 0 radical (unpaired) electrons. The van der Waals surface area contributed by atoms with E-state index in [4.69, 9.17) is 0 Å². The average Bonchev–Trinajstić information content (AvgIpc) is 2.70. The van der Waals surface area contributed by atoms with Gasteiger partial charge in [0.25, 0.3) is 0 Å². The first-order valence-corrected chi connectivity index (χ1v) is 5.51. The predicted molar refractivity (Wildman–Crippen MR) is 54.6 cm³/mol. The summed E-state index contributed by atoms with van der Waals surface area (Å²) < 4.78 is 1.42. The summed E-state index contributed by atoms with van der Waals surface area (Å²) in [6.07, 6.45) is 0. The Morgan fingerprint density at radius 2 is 2.15 bits per heavy atom. The number of hydrogen-bond acceptors (Lipinski definition) is 5. The van der Waals surface area contributed by atoms with Crippen LogP contribution < -0.4 is 0 Å². The van der Waals surface area contributed by atoms with Crippen molar-refractivity contribution < 1.29 is 5.11 Å². The van der Waals surface area contributed by atoms with Gasteiger partial charge in [-0.2, -0.15) is 0 Å². The molecule has 0 aliphatic heterocycles. The van der Waals surface area contributed by atoms with E-state index in [9.17, 15) is 5.11 Å². The molecule has 0 amide bonds. The summed E-state index contributed by atoms with van der Waals surface area (Å²) in [6.45, 7) is 0. The van der Waals surface area contributed by atoms with Gasteiger partial charge in [-0.15, -0.1) is 16.4 Å². The maximum absolute atomic E-state index is 9.61. The second-order valence-corrected chi connectivity index (χ2v) is 5.25. The van der Waals surface area contributed by atoms with Gasteiger partial charge >= 0.3 is 0 Å². The van der Waals surface area contributed by atoms with Gasteiger partial charge in [0.15, 0.2) is 11.6 Å². The number of nitrogens with one attached hydrogen (secondary N) is 1. The van der Waals surface area contributed by atoms with Gasteiger partial charge in [0.1, 0.15) is 4.88 Å². The molecule has 0 saturated heterocycles. The standard InChI is InChI=1S/C5H2Br2N4OS/c6-1-2(12)3(13-4(1)7)5-8-10-11-9-5/h12H,(H,8,9,10,11). The van der Waals surface area contributed by atoms with Crippen molar-refractivity contribution in [1.29, 1.82) is 0 Å². The molecule has 2 aromatic rings. The van der Waals surface area contributed by atoms with Crippen molar-refractivity contribution in [2.75, 3.05) is 0 Å². The number of aromatic nitrogens is 4. The maximum atomic E-state index is 9.61. The normalized spacial score (nSPS) is 10.6. The van der Waals surface area contributed by atoms with Crippen molar-refractivity contribution in [3.05, 3.63) is 8.26 Å². The predicted octanol–water partition coefficient (Wildman–Crippen LogP) is 2.16. The van der Waals surface area contributed by atoms with E-state index in [2.05, 4.69) is 52.5 Å². The Kier molecular flexibility index (Phi) is 2.35. The summed E-state index contributed by atoms with van der Waals surface area (Å²) in [5, 5.41) is 22.7. The van der Waals surface area contributed by atoms with Gasteiger partial charge in [0.2, 0.25) is 0 Å². The first-order valence-electron chi connectivity index (χ1n) is 3.11.